The largest absolute Gasteiger partial charge is 0.481 e. The molecule has 1 saturated carbocycles. The summed E-state index contributed by atoms with van der Waals surface area (Å²) < 4.78 is 0. The minimum absolute atomic E-state index is 0.268. The van der Waals surface area contributed by atoms with Crippen molar-refractivity contribution in [2.45, 2.75) is 25.3 Å². The Kier molecular flexibility index (Phi) is 4.35. The molecule has 14 heavy (non-hydrogen) atoms. The third-order valence-electron chi connectivity index (χ3n) is 2.51. The fourth-order valence-electron chi connectivity index (χ4n) is 1.48. The van der Waals surface area contributed by atoms with Gasteiger partial charge in [0.05, 0.1) is 6.42 Å². The van der Waals surface area contributed by atoms with Gasteiger partial charge < -0.3 is 10.0 Å². The molecule has 0 saturated heterocycles. The van der Waals surface area contributed by atoms with E-state index in [0.717, 1.165) is 13.1 Å². The second kappa shape index (κ2) is 5.32. The topological polar surface area (TPSA) is 43.8 Å². The highest BCUT2D eigenvalue weighted by atomic mass is 16.4. The standard InChI is InChI=1S/C10H20N2O2/c1-11(2)7-8-12(9-3-4-9)6-5-10(13)14/h9H,3-8H2,1-2H3,(H,13,14). The average molecular weight is 200 g/mol. The van der Waals surface area contributed by atoms with Crippen LogP contribution in [0.1, 0.15) is 19.3 Å². The Hall–Kier alpha value is -0.610. The maximum Gasteiger partial charge on any atom is 0.304 e. The maximum atomic E-state index is 10.4. The summed E-state index contributed by atoms with van der Waals surface area (Å²) in [6, 6.07) is 0.661. The van der Waals surface area contributed by atoms with E-state index in [4.69, 9.17) is 5.11 Å². The van der Waals surface area contributed by atoms with Gasteiger partial charge >= 0.3 is 5.97 Å². The molecule has 4 nitrogen and oxygen atoms in total. The Morgan fingerprint density at radius 2 is 1.93 bits per heavy atom. The van der Waals surface area contributed by atoms with Crippen LogP contribution in [0.2, 0.25) is 0 Å². The van der Waals surface area contributed by atoms with Crippen LogP contribution in [0.4, 0.5) is 0 Å². The van der Waals surface area contributed by atoms with Gasteiger partial charge in [-0.2, -0.15) is 0 Å². The van der Waals surface area contributed by atoms with E-state index in [1.807, 2.05) is 14.1 Å². The molecule has 0 amide bonds. The van der Waals surface area contributed by atoms with Gasteiger partial charge in [0, 0.05) is 25.7 Å². The highest BCUT2D eigenvalue weighted by molar-refractivity contribution is 5.66. The van der Waals surface area contributed by atoms with Crippen molar-refractivity contribution in [3.8, 4) is 0 Å². The first kappa shape index (κ1) is 11.5. The number of rotatable bonds is 7. The third-order valence-corrected chi connectivity index (χ3v) is 2.51. The number of carboxylic acids is 1. The molecule has 0 bridgehead atoms. The van der Waals surface area contributed by atoms with E-state index >= 15 is 0 Å². The highest BCUT2D eigenvalue weighted by Crippen LogP contribution is 2.26. The van der Waals surface area contributed by atoms with Gasteiger partial charge in [-0.3, -0.25) is 9.69 Å². The van der Waals surface area contributed by atoms with E-state index in [1.165, 1.54) is 12.8 Å². The molecule has 0 heterocycles. The lowest BCUT2D eigenvalue weighted by Gasteiger charge is -2.22. The fourth-order valence-corrected chi connectivity index (χ4v) is 1.48. The Bertz CT molecular complexity index is 191. The molecular formula is C10H20N2O2. The van der Waals surface area contributed by atoms with Crippen molar-refractivity contribution in [3.63, 3.8) is 0 Å². The first-order valence-corrected chi connectivity index (χ1v) is 5.20. The van der Waals surface area contributed by atoms with E-state index in [-0.39, 0.29) is 6.42 Å². The molecule has 0 aromatic rings. The fraction of sp³-hybridized carbons (Fsp3) is 0.900. The first-order chi connectivity index (χ1) is 6.59. The Labute approximate surface area is 85.5 Å². The van der Waals surface area contributed by atoms with Crippen LogP contribution in [0, 0.1) is 0 Å². The van der Waals surface area contributed by atoms with Crippen molar-refractivity contribution >= 4 is 5.97 Å². The molecule has 0 unspecified atom stereocenters. The molecule has 1 fully saturated rings. The number of hydrogen-bond acceptors (Lipinski definition) is 3. The predicted molar refractivity (Wildman–Crippen MR) is 55.4 cm³/mol. The molecule has 82 valence electrons. The van der Waals surface area contributed by atoms with Crippen LogP contribution < -0.4 is 0 Å². The number of carboxylic acid groups (broad SMARTS) is 1. The number of nitrogens with zero attached hydrogens (tertiary/aromatic N) is 2. The van der Waals surface area contributed by atoms with Crippen LogP contribution in [0.15, 0.2) is 0 Å². The molecule has 0 aromatic carbocycles. The van der Waals surface area contributed by atoms with Crippen LogP contribution in [0.3, 0.4) is 0 Å². The van der Waals surface area contributed by atoms with Crippen molar-refractivity contribution in [1.29, 1.82) is 0 Å². The predicted octanol–water partition coefficient (Wildman–Crippen LogP) is 0.487. The number of hydrogen-bond donors (Lipinski definition) is 1. The summed E-state index contributed by atoms with van der Waals surface area (Å²) in [6.45, 7) is 2.70. The lowest BCUT2D eigenvalue weighted by atomic mass is 10.3. The van der Waals surface area contributed by atoms with E-state index in [1.54, 1.807) is 0 Å². The number of aliphatic carboxylic acids is 1. The highest BCUT2D eigenvalue weighted by Gasteiger charge is 2.28. The van der Waals surface area contributed by atoms with Crippen LogP contribution in [-0.2, 0) is 4.79 Å². The molecule has 0 spiro atoms. The van der Waals surface area contributed by atoms with Crippen molar-refractivity contribution in [2.75, 3.05) is 33.7 Å². The van der Waals surface area contributed by atoms with Gasteiger partial charge in [0.15, 0.2) is 0 Å². The summed E-state index contributed by atoms with van der Waals surface area (Å²) in [5.41, 5.74) is 0. The third kappa shape index (κ3) is 4.58. The summed E-state index contributed by atoms with van der Waals surface area (Å²) in [7, 11) is 4.09. The van der Waals surface area contributed by atoms with Gasteiger partial charge in [0.2, 0.25) is 0 Å². The summed E-state index contributed by atoms with van der Waals surface area (Å²) in [6.07, 6.45) is 2.75. The zero-order chi connectivity index (χ0) is 10.6. The second-order valence-electron chi connectivity index (χ2n) is 4.21. The Morgan fingerprint density at radius 3 is 2.36 bits per heavy atom. The molecule has 0 radical (unpaired) electrons. The van der Waals surface area contributed by atoms with E-state index in [2.05, 4.69) is 9.80 Å². The summed E-state index contributed by atoms with van der Waals surface area (Å²) >= 11 is 0. The molecule has 1 rings (SSSR count). The van der Waals surface area contributed by atoms with E-state index in [9.17, 15) is 4.79 Å². The van der Waals surface area contributed by atoms with Gasteiger partial charge in [-0.15, -0.1) is 0 Å². The van der Waals surface area contributed by atoms with Crippen molar-refractivity contribution in [3.05, 3.63) is 0 Å². The molecule has 1 N–H and O–H groups in total. The van der Waals surface area contributed by atoms with Gasteiger partial charge in [0.1, 0.15) is 0 Å². The Morgan fingerprint density at radius 1 is 1.29 bits per heavy atom. The SMILES string of the molecule is CN(C)CCN(CCC(=O)O)C1CC1. The summed E-state index contributed by atoms with van der Waals surface area (Å²) in [4.78, 5) is 14.9. The molecule has 1 aliphatic carbocycles. The monoisotopic (exact) mass is 200 g/mol. The van der Waals surface area contributed by atoms with Crippen molar-refractivity contribution < 1.29 is 9.90 Å². The quantitative estimate of drug-likeness (QED) is 0.649. The lowest BCUT2D eigenvalue weighted by molar-refractivity contribution is -0.137. The second-order valence-corrected chi connectivity index (χ2v) is 4.21. The van der Waals surface area contributed by atoms with E-state index in [0.29, 0.717) is 12.6 Å². The van der Waals surface area contributed by atoms with Gasteiger partial charge in [0.25, 0.3) is 0 Å². The zero-order valence-electron chi connectivity index (χ0n) is 9.07. The van der Waals surface area contributed by atoms with Crippen LogP contribution in [0.5, 0.6) is 0 Å². The van der Waals surface area contributed by atoms with Crippen molar-refractivity contribution in [2.24, 2.45) is 0 Å². The zero-order valence-corrected chi connectivity index (χ0v) is 9.07. The van der Waals surface area contributed by atoms with Crippen LogP contribution in [-0.4, -0.2) is 60.6 Å². The molecule has 1 aliphatic rings. The van der Waals surface area contributed by atoms with Gasteiger partial charge in [-0.1, -0.05) is 0 Å². The Balaban J connectivity index is 2.20. The molecule has 0 aromatic heterocycles. The maximum absolute atomic E-state index is 10.4. The van der Waals surface area contributed by atoms with Gasteiger partial charge in [-0.05, 0) is 26.9 Å². The number of carbonyl (C=O) groups is 1. The normalized spacial score (nSPS) is 16.6. The smallest absolute Gasteiger partial charge is 0.304 e. The van der Waals surface area contributed by atoms with Crippen LogP contribution >= 0.6 is 0 Å². The van der Waals surface area contributed by atoms with Crippen molar-refractivity contribution in [1.82, 2.24) is 9.80 Å². The lowest BCUT2D eigenvalue weighted by Crippen LogP contribution is -2.34. The van der Waals surface area contributed by atoms with Gasteiger partial charge in [-0.25, -0.2) is 0 Å². The first-order valence-electron chi connectivity index (χ1n) is 5.20. The molecule has 0 atom stereocenters. The minimum Gasteiger partial charge on any atom is -0.481 e. The number of likely N-dealkylation sites (N-methyl/N-ethyl adjacent to an activating group) is 1. The molecule has 4 heteroatoms. The summed E-state index contributed by atoms with van der Waals surface area (Å²) in [5, 5.41) is 8.60. The van der Waals surface area contributed by atoms with E-state index < -0.39 is 5.97 Å². The van der Waals surface area contributed by atoms with Crippen LogP contribution in [0.25, 0.3) is 0 Å². The summed E-state index contributed by atoms with van der Waals surface area (Å²) in [5.74, 6) is -0.694. The molecule has 0 aliphatic heterocycles. The molecular weight excluding hydrogens is 180 g/mol. The minimum atomic E-state index is -0.694. The average Bonchev–Trinajstić information content (AvgIpc) is 2.86.